The van der Waals surface area contributed by atoms with E-state index in [1.807, 2.05) is 0 Å². The molecule has 0 spiro atoms. The van der Waals surface area contributed by atoms with Gasteiger partial charge < -0.3 is 19.5 Å². The van der Waals surface area contributed by atoms with Crippen molar-refractivity contribution in [1.29, 1.82) is 0 Å². The maximum Gasteiger partial charge on any atom is 0.255 e. The van der Waals surface area contributed by atoms with E-state index < -0.39 is 0 Å². The van der Waals surface area contributed by atoms with Crippen LogP contribution in [0, 0.1) is 0 Å². The quantitative estimate of drug-likeness (QED) is 0.756. The number of aromatic nitrogens is 4. The lowest BCUT2D eigenvalue weighted by Crippen LogP contribution is -2.49. The molecule has 10 nitrogen and oxygen atoms in total. The summed E-state index contributed by atoms with van der Waals surface area (Å²) in [6, 6.07) is 1.80. The van der Waals surface area contributed by atoms with Gasteiger partial charge in [0.1, 0.15) is 6.10 Å². The molecule has 0 aromatic carbocycles. The molecule has 4 heterocycles. The molecule has 0 unspecified atom stereocenters. The van der Waals surface area contributed by atoms with Crippen LogP contribution in [0.3, 0.4) is 0 Å². The van der Waals surface area contributed by atoms with Gasteiger partial charge in [-0.25, -0.2) is 9.97 Å². The fraction of sp³-hybridized carbons (Fsp3) is 0.588. The zero-order valence-electron chi connectivity index (χ0n) is 15.1. The van der Waals surface area contributed by atoms with Gasteiger partial charge in [0.25, 0.3) is 5.89 Å². The third kappa shape index (κ3) is 4.58. The van der Waals surface area contributed by atoms with Crippen LogP contribution >= 0.6 is 0 Å². The number of rotatable bonds is 6. The van der Waals surface area contributed by atoms with E-state index in [0.717, 1.165) is 51.6 Å². The van der Waals surface area contributed by atoms with Gasteiger partial charge in [-0.2, -0.15) is 4.98 Å². The van der Waals surface area contributed by atoms with Gasteiger partial charge in [-0.05, 0) is 18.9 Å². The van der Waals surface area contributed by atoms with Crippen molar-refractivity contribution in [1.82, 2.24) is 30.3 Å². The van der Waals surface area contributed by atoms with Gasteiger partial charge >= 0.3 is 0 Å². The SMILES string of the molecule is O=C(CN1CCN(c2ncccn2)CC1)NCc1noc([C@H]2CCCO2)n1. The lowest BCUT2D eigenvalue weighted by atomic mass is 10.2. The van der Waals surface area contributed by atoms with Gasteiger partial charge in [0, 0.05) is 45.2 Å². The maximum atomic E-state index is 12.2. The highest BCUT2D eigenvalue weighted by Crippen LogP contribution is 2.26. The van der Waals surface area contributed by atoms with E-state index in [1.165, 1.54) is 0 Å². The number of carbonyl (C=O) groups excluding carboxylic acids is 1. The van der Waals surface area contributed by atoms with Crippen LogP contribution < -0.4 is 10.2 Å². The predicted molar refractivity (Wildman–Crippen MR) is 94.8 cm³/mol. The second-order valence-electron chi connectivity index (χ2n) is 6.64. The summed E-state index contributed by atoms with van der Waals surface area (Å²) in [6.07, 6.45) is 5.28. The van der Waals surface area contributed by atoms with E-state index in [9.17, 15) is 4.79 Å². The van der Waals surface area contributed by atoms with Crippen molar-refractivity contribution in [3.8, 4) is 0 Å². The molecule has 2 aromatic rings. The number of amides is 1. The number of carbonyl (C=O) groups is 1. The summed E-state index contributed by atoms with van der Waals surface area (Å²) in [5, 5.41) is 6.76. The molecule has 0 radical (unpaired) electrons. The van der Waals surface area contributed by atoms with Crippen molar-refractivity contribution in [3.63, 3.8) is 0 Å². The van der Waals surface area contributed by atoms with E-state index in [0.29, 0.717) is 18.3 Å². The van der Waals surface area contributed by atoms with E-state index >= 15 is 0 Å². The lowest BCUT2D eigenvalue weighted by molar-refractivity contribution is -0.122. The van der Waals surface area contributed by atoms with Crippen molar-refractivity contribution in [3.05, 3.63) is 30.2 Å². The van der Waals surface area contributed by atoms with Crippen LogP contribution in [0.15, 0.2) is 23.0 Å². The molecule has 2 aromatic heterocycles. The summed E-state index contributed by atoms with van der Waals surface area (Å²) in [4.78, 5) is 29.3. The van der Waals surface area contributed by atoms with Gasteiger partial charge in [0.15, 0.2) is 5.82 Å². The fourth-order valence-corrected chi connectivity index (χ4v) is 3.24. The Balaban J connectivity index is 1.19. The molecule has 4 rings (SSSR count). The van der Waals surface area contributed by atoms with Crippen molar-refractivity contribution >= 4 is 11.9 Å². The molecule has 27 heavy (non-hydrogen) atoms. The van der Waals surface area contributed by atoms with Gasteiger partial charge in [0.2, 0.25) is 11.9 Å². The molecule has 2 aliphatic rings. The Bertz CT molecular complexity index is 740. The molecule has 1 atom stereocenters. The van der Waals surface area contributed by atoms with Crippen LogP contribution in [-0.2, 0) is 16.1 Å². The number of nitrogens with zero attached hydrogens (tertiary/aromatic N) is 6. The summed E-state index contributed by atoms with van der Waals surface area (Å²) in [5.41, 5.74) is 0. The molecule has 0 bridgehead atoms. The van der Waals surface area contributed by atoms with Crippen molar-refractivity contribution < 1.29 is 14.1 Å². The highest BCUT2D eigenvalue weighted by molar-refractivity contribution is 5.77. The summed E-state index contributed by atoms with van der Waals surface area (Å²) >= 11 is 0. The van der Waals surface area contributed by atoms with Gasteiger partial charge in [0.05, 0.1) is 13.1 Å². The molecule has 1 N–H and O–H groups in total. The maximum absolute atomic E-state index is 12.2. The minimum absolute atomic E-state index is 0.0529. The van der Waals surface area contributed by atoms with E-state index in [2.05, 4.69) is 35.2 Å². The molecular weight excluding hydrogens is 350 g/mol. The smallest absolute Gasteiger partial charge is 0.255 e. The molecule has 0 aliphatic carbocycles. The monoisotopic (exact) mass is 373 g/mol. The van der Waals surface area contributed by atoms with Crippen molar-refractivity contribution in [2.45, 2.75) is 25.5 Å². The van der Waals surface area contributed by atoms with Crippen LogP contribution in [0.5, 0.6) is 0 Å². The zero-order valence-corrected chi connectivity index (χ0v) is 15.1. The van der Waals surface area contributed by atoms with E-state index in [4.69, 9.17) is 9.26 Å². The third-order valence-corrected chi connectivity index (χ3v) is 4.71. The fourth-order valence-electron chi connectivity index (χ4n) is 3.24. The summed E-state index contributed by atoms with van der Waals surface area (Å²) in [5.74, 6) is 1.65. The first-order valence-electron chi connectivity index (χ1n) is 9.23. The van der Waals surface area contributed by atoms with Crippen LogP contribution in [-0.4, -0.2) is 70.2 Å². The first-order valence-corrected chi connectivity index (χ1v) is 9.23. The summed E-state index contributed by atoms with van der Waals surface area (Å²) in [6.45, 7) is 4.50. The first kappa shape index (κ1) is 17.8. The summed E-state index contributed by atoms with van der Waals surface area (Å²) < 4.78 is 10.7. The number of piperazine rings is 1. The Morgan fingerprint density at radius 2 is 2.04 bits per heavy atom. The highest BCUT2D eigenvalue weighted by Gasteiger charge is 2.24. The van der Waals surface area contributed by atoms with Crippen LogP contribution in [0.2, 0.25) is 0 Å². The minimum atomic E-state index is -0.105. The summed E-state index contributed by atoms with van der Waals surface area (Å²) in [7, 11) is 0. The van der Waals surface area contributed by atoms with Crippen molar-refractivity contribution in [2.75, 3.05) is 44.2 Å². The van der Waals surface area contributed by atoms with Gasteiger partial charge in [-0.15, -0.1) is 0 Å². The Hall–Kier alpha value is -2.59. The van der Waals surface area contributed by atoms with Gasteiger partial charge in [-0.1, -0.05) is 5.16 Å². The Morgan fingerprint density at radius 3 is 2.78 bits per heavy atom. The molecule has 2 aliphatic heterocycles. The number of nitrogens with one attached hydrogen (secondary N) is 1. The molecule has 2 fully saturated rings. The largest absolute Gasteiger partial charge is 0.368 e. The minimum Gasteiger partial charge on any atom is -0.368 e. The zero-order chi connectivity index (χ0) is 18.5. The molecule has 1 amide bonds. The van der Waals surface area contributed by atoms with Gasteiger partial charge in [-0.3, -0.25) is 9.69 Å². The molecule has 0 saturated carbocycles. The molecular formula is C17H23N7O3. The Morgan fingerprint density at radius 1 is 1.22 bits per heavy atom. The first-order chi connectivity index (χ1) is 13.3. The topological polar surface area (TPSA) is 110 Å². The molecule has 144 valence electrons. The Labute approximate surface area is 156 Å². The Kier molecular flexibility index (Phi) is 5.54. The van der Waals surface area contributed by atoms with Crippen LogP contribution in [0.1, 0.15) is 30.7 Å². The molecule has 2 saturated heterocycles. The number of ether oxygens (including phenoxy) is 1. The lowest BCUT2D eigenvalue weighted by Gasteiger charge is -2.34. The van der Waals surface area contributed by atoms with E-state index in [-0.39, 0.29) is 18.6 Å². The predicted octanol–water partition coefficient (Wildman–Crippen LogP) is 0.150. The standard InChI is InChI=1S/C17H23N7O3/c25-15(20-11-14-21-16(27-22-14)13-3-1-10-26-13)12-23-6-8-24(9-7-23)17-18-4-2-5-19-17/h2,4-5,13H,1,3,6-12H2,(H,20,25)/t13-/m1/s1. The number of hydrogen-bond acceptors (Lipinski definition) is 9. The average Bonchev–Trinajstić information content (AvgIpc) is 3.39. The molecule has 10 heteroatoms. The van der Waals surface area contributed by atoms with Crippen LogP contribution in [0.25, 0.3) is 0 Å². The average molecular weight is 373 g/mol. The highest BCUT2D eigenvalue weighted by atomic mass is 16.5. The van der Waals surface area contributed by atoms with Crippen LogP contribution in [0.4, 0.5) is 5.95 Å². The van der Waals surface area contributed by atoms with Crippen molar-refractivity contribution in [2.24, 2.45) is 0 Å². The third-order valence-electron chi connectivity index (χ3n) is 4.71. The number of hydrogen-bond donors (Lipinski definition) is 1. The second kappa shape index (κ2) is 8.40. The normalized spacial score (nSPS) is 20.7. The van der Waals surface area contributed by atoms with E-state index in [1.54, 1.807) is 18.5 Å². The second-order valence-corrected chi connectivity index (χ2v) is 6.64. The number of anilines is 1.